The van der Waals surface area contributed by atoms with Crippen molar-refractivity contribution in [1.29, 1.82) is 0 Å². The maximum atomic E-state index is 8.81. The van der Waals surface area contributed by atoms with Crippen molar-refractivity contribution in [3.63, 3.8) is 0 Å². The fourth-order valence-electron chi connectivity index (χ4n) is 2.97. The summed E-state index contributed by atoms with van der Waals surface area (Å²) >= 11 is 0. The van der Waals surface area contributed by atoms with E-state index in [1.807, 2.05) is 52.9 Å². The summed E-state index contributed by atoms with van der Waals surface area (Å²) in [5.41, 5.74) is 3.57. The molecule has 1 heterocycles. The minimum absolute atomic E-state index is 0.0415. The highest BCUT2D eigenvalue weighted by molar-refractivity contribution is 5.77. The van der Waals surface area contributed by atoms with Crippen molar-refractivity contribution in [2.24, 2.45) is 0 Å². The second-order valence-corrected chi connectivity index (χ2v) is 7.13. The number of aldehydes is 1. The van der Waals surface area contributed by atoms with Gasteiger partial charge in [-0.3, -0.25) is 0 Å². The Balaban J connectivity index is 0. The third-order valence-electron chi connectivity index (χ3n) is 4.52. The minimum Gasteiger partial charge on any atom is -0.460 e. The van der Waals surface area contributed by atoms with Gasteiger partial charge in [0.05, 0.1) is 6.54 Å². The molecule has 2 aromatic carbocycles. The number of nitrogens with one attached hydrogen (secondary N) is 2. The molecule has 0 saturated carbocycles. The lowest BCUT2D eigenvalue weighted by atomic mass is 9.94. The second-order valence-electron chi connectivity index (χ2n) is 7.13. The van der Waals surface area contributed by atoms with Gasteiger partial charge in [-0.1, -0.05) is 64.1 Å². The van der Waals surface area contributed by atoms with E-state index in [1.54, 1.807) is 0 Å². The predicted molar refractivity (Wildman–Crippen MR) is 146 cm³/mol. The third-order valence-corrected chi connectivity index (χ3v) is 4.52. The second kappa shape index (κ2) is 19.6. The number of aryl methyl sites for hydroxylation is 1. The highest BCUT2D eigenvalue weighted by Gasteiger charge is 2.18. The Hall–Kier alpha value is -3.03. The number of anilines is 1. The zero-order valence-corrected chi connectivity index (χ0v) is 21.9. The molecular formula is C29H44N2O2. The fraction of sp³-hybridized carbons (Fsp3) is 0.414. The molecule has 0 radical (unpaired) electrons. The number of carbonyl (C=O) groups excluding carboxylic acids is 1. The normalized spacial score (nSPS) is 9.39. The van der Waals surface area contributed by atoms with Crippen LogP contribution in [0.3, 0.4) is 0 Å². The Morgan fingerprint density at radius 2 is 1.52 bits per heavy atom. The van der Waals surface area contributed by atoms with Crippen molar-refractivity contribution in [2.75, 3.05) is 12.4 Å². The molecule has 0 saturated heterocycles. The molecule has 0 aliphatic carbocycles. The molecule has 0 bridgehead atoms. The lowest BCUT2D eigenvalue weighted by Crippen LogP contribution is -2.39. The number of hydrogen-bond acceptors (Lipinski definition) is 4. The van der Waals surface area contributed by atoms with Gasteiger partial charge in [-0.2, -0.15) is 0 Å². The molecule has 0 spiro atoms. The number of para-hydroxylation sites is 2. The van der Waals surface area contributed by atoms with Crippen molar-refractivity contribution >= 4 is 22.9 Å². The van der Waals surface area contributed by atoms with Crippen LogP contribution in [0.1, 0.15) is 66.2 Å². The van der Waals surface area contributed by atoms with E-state index in [1.165, 1.54) is 18.2 Å². The summed E-state index contributed by atoms with van der Waals surface area (Å²) in [6.45, 7) is 14.7. The largest absolute Gasteiger partial charge is 0.460 e. The summed E-state index contributed by atoms with van der Waals surface area (Å²) in [6.07, 6.45) is 10.9. The van der Waals surface area contributed by atoms with Crippen LogP contribution in [-0.2, 0) is 17.8 Å². The van der Waals surface area contributed by atoms with Crippen LogP contribution in [0.25, 0.3) is 11.0 Å². The molecule has 3 aromatic rings. The molecule has 0 aliphatic heterocycles. The van der Waals surface area contributed by atoms with Crippen molar-refractivity contribution in [3.05, 3.63) is 65.9 Å². The smallest absolute Gasteiger partial charge is 0.134 e. The van der Waals surface area contributed by atoms with Gasteiger partial charge in [0, 0.05) is 23.7 Å². The average molecular weight is 453 g/mol. The number of carbonyl (C=O) groups is 1. The minimum atomic E-state index is 0.0415. The van der Waals surface area contributed by atoms with E-state index in [0.717, 1.165) is 42.4 Å². The summed E-state index contributed by atoms with van der Waals surface area (Å²) < 4.78 is 5.89. The van der Waals surface area contributed by atoms with Crippen molar-refractivity contribution in [2.45, 2.75) is 73.4 Å². The zero-order chi connectivity index (χ0) is 25.7. The Morgan fingerprint density at radius 1 is 0.970 bits per heavy atom. The Morgan fingerprint density at radius 3 is 2.09 bits per heavy atom. The van der Waals surface area contributed by atoms with Crippen LogP contribution in [0.4, 0.5) is 5.69 Å². The molecule has 0 unspecified atom stereocenters. The lowest BCUT2D eigenvalue weighted by molar-refractivity contribution is -0.106. The average Bonchev–Trinajstić information content (AvgIpc) is 3.29. The zero-order valence-electron chi connectivity index (χ0n) is 21.9. The molecule has 4 nitrogen and oxygen atoms in total. The monoisotopic (exact) mass is 452 g/mol. The SMILES string of the molecule is C#C.CC.CC.CC=O.CNc1ccccc1CCC(C)(C)NCc1cc2ccccc2o1. The quantitative estimate of drug-likeness (QED) is 0.288. The van der Waals surface area contributed by atoms with Crippen LogP contribution >= 0.6 is 0 Å². The summed E-state index contributed by atoms with van der Waals surface area (Å²) in [7, 11) is 1.98. The molecule has 4 heteroatoms. The van der Waals surface area contributed by atoms with Crippen LogP contribution in [0.5, 0.6) is 0 Å². The van der Waals surface area contributed by atoms with Crippen LogP contribution < -0.4 is 10.6 Å². The maximum Gasteiger partial charge on any atom is 0.134 e. The van der Waals surface area contributed by atoms with Gasteiger partial charge in [0.25, 0.3) is 0 Å². The van der Waals surface area contributed by atoms with E-state index in [4.69, 9.17) is 9.21 Å². The lowest BCUT2D eigenvalue weighted by Gasteiger charge is -2.26. The first-order chi connectivity index (χ1) is 16.0. The van der Waals surface area contributed by atoms with E-state index >= 15 is 0 Å². The molecule has 0 fully saturated rings. The first-order valence-corrected chi connectivity index (χ1v) is 11.7. The van der Waals surface area contributed by atoms with Crippen LogP contribution in [0, 0.1) is 12.8 Å². The van der Waals surface area contributed by atoms with Gasteiger partial charge in [-0.15, -0.1) is 12.8 Å². The number of benzene rings is 2. The number of hydrogen-bond donors (Lipinski definition) is 2. The van der Waals surface area contributed by atoms with Crippen LogP contribution in [0.2, 0.25) is 0 Å². The Kier molecular flexibility index (Phi) is 19.1. The van der Waals surface area contributed by atoms with Gasteiger partial charge in [0.15, 0.2) is 0 Å². The van der Waals surface area contributed by atoms with Gasteiger partial charge < -0.3 is 19.8 Å². The van der Waals surface area contributed by atoms with E-state index < -0.39 is 0 Å². The van der Waals surface area contributed by atoms with Crippen LogP contribution in [0.15, 0.2) is 59.0 Å². The van der Waals surface area contributed by atoms with Gasteiger partial charge in [-0.05, 0) is 57.4 Å². The van der Waals surface area contributed by atoms with Crippen molar-refractivity contribution in [3.8, 4) is 12.8 Å². The highest BCUT2D eigenvalue weighted by atomic mass is 16.3. The Bertz CT molecular complexity index is 862. The van der Waals surface area contributed by atoms with E-state index in [9.17, 15) is 0 Å². The van der Waals surface area contributed by atoms with Crippen LogP contribution in [-0.4, -0.2) is 18.9 Å². The van der Waals surface area contributed by atoms with Gasteiger partial charge >= 0.3 is 0 Å². The molecule has 1 aromatic heterocycles. The van der Waals surface area contributed by atoms with Crippen molar-refractivity contribution in [1.82, 2.24) is 5.32 Å². The molecule has 0 atom stereocenters. The Labute approximate surface area is 202 Å². The number of furan rings is 1. The van der Waals surface area contributed by atoms with E-state index in [0.29, 0.717) is 0 Å². The molecule has 33 heavy (non-hydrogen) atoms. The van der Waals surface area contributed by atoms with Crippen molar-refractivity contribution < 1.29 is 9.21 Å². The molecule has 0 aliphatic rings. The fourth-order valence-corrected chi connectivity index (χ4v) is 2.97. The summed E-state index contributed by atoms with van der Waals surface area (Å²) in [5.74, 6) is 0.986. The number of rotatable bonds is 7. The van der Waals surface area contributed by atoms with Gasteiger partial charge in [0.1, 0.15) is 17.6 Å². The summed E-state index contributed by atoms with van der Waals surface area (Å²) in [5, 5.41) is 8.06. The number of terminal acetylenes is 1. The summed E-state index contributed by atoms with van der Waals surface area (Å²) in [6, 6.07) is 18.8. The molecule has 2 N–H and O–H groups in total. The summed E-state index contributed by atoms with van der Waals surface area (Å²) in [4.78, 5) is 8.81. The molecule has 0 amide bonds. The molecular weight excluding hydrogens is 408 g/mol. The topological polar surface area (TPSA) is 54.3 Å². The maximum absolute atomic E-state index is 8.81. The van der Waals surface area contributed by atoms with E-state index in [2.05, 4.69) is 73.7 Å². The first kappa shape index (κ1) is 32.2. The highest BCUT2D eigenvalue weighted by Crippen LogP contribution is 2.22. The van der Waals surface area contributed by atoms with Gasteiger partial charge in [-0.25, -0.2) is 0 Å². The first-order valence-electron chi connectivity index (χ1n) is 11.7. The van der Waals surface area contributed by atoms with E-state index in [-0.39, 0.29) is 5.54 Å². The standard InChI is InChI=1S/C21H26N2O.C2H4O.2C2H6.C2H2/c1-21(2,13-12-16-8-4-6-10-19(16)22-3)23-15-18-14-17-9-5-7-11-20(17)24-18;1-2-3;3*1-2/h4-11,14,22-23H,12-13,15H2,1-3H3;2H,1H3;2*1-2H3;1-2H. The van der Waals surface area contributed by atoms with Gasteiger partial charge in [0.2, 0.25) is 0 Å². The molecule has 3 rings (SSSR count). The number of fused-ring (bicyclic) bond motifs is 1. The third kappa shape index (κ3) is 12.6. The molecule has 182 valence electrons. The predicted octanol–water partition coefficient (Wildman–Crippen LogP) is 7.48.